The van der Waals surface area contributed by atoms with Crippen molar-refractivity contribution in [1.29, 1.82) is 0 Å². The van der Waals surface area contributed by atoms with Gasteiger partial charge in [-0.1, -0.05) is 24.3 Å². The monoisotopic (exact) mass is 478 g/mol. The van der Waals surface area contributed by atoms with E-state index in [-0.39, 0.29) is 0 Å². The van der Waals surface area contributed by atoms with Gasteiger partial charge >= 0.3 is 0 Å². The van der Waals surface area contributed by atoms with Crippen LogP contribution in [-0.4, -0.2) is 45.1 Å². The van der Waals surface area contributed by atoms with Crippen molar-refractivity contribution in [2.75, 3.05) is 26.0 Å². The Balaban J connectivity index is 1.26. The summed E-state index contributed by atoms with van der Waals surface area (Å²) in [6, 6.07) is 20.5. The normalized spacial score (nSPS) is 17.4. The summed E-state index contributed by atoms with van der Waals surface area (Å²) in [5.41, 5.74) is 3.89. The number of anilines is 2. The number of benzene rings is 2. The Morgan fingerprint density at radius 3 is 2.64 bits per heavy atom. The number of aryl methyl sites for hydroxylation is 1. The van der Waals surface area contributed by atoms with Crippen LogP contribution in [0.5, 0.6) is 11.6 Å². The summed E-state index contributed by atoms with van der Waals surface area (Å²) in [4.78, 5) is 16.2. The number of aromatic nitrogens is 4. The maximum Gasteiger partial charge on any atom is 0.220 e. The van der Waals surface area contributed by atoms with Gasteiger partial charge in [0.25, 0.3) is 0 Å². The Hall–Kier alpha value is -3.97. The summed E-state index contributed by atoms with van der Waals surface area (Å²) in [5.74, 6) is 2.91. The van der Waals surface area contributed by atoms with Crippen molar-refractivity contribution < 1.29 is 4.74 Å². The fraction of sp³-hybridized carbons (Fsp3) is 0.276. The molecule has 1 saturated carbocycles. The molecule has 3 aromatic heterocycles. The van der Waals surface area contributed by atoms with Crippen LogP contribution in [0.1, 0.15) is 24.4 Å². The van der Waals surface area contributed by atoms with Crippen LogP contribution in [0.25, 0.3) is 21.9 Å². The van der Waals surface area contributed by atoms with E-state index in [1.807, 2.05) is 42.5 Å². The third kappa shape index (κ3) is 4.38. The van der Waals surface area contributed by atoms with Gasteiger partial charge in [-0.2, -0.15) is 0 Å². The first-order valence-corrected chi connectivity index (χ1v) is 12.4. The van der Waals surface area contributed by atoms with Crippen molar-refractivity contribution in [3.05, 3.63) is 78.8 Å². The number of rotatable bonds is 7. The van der Waals surface area contributed by atoms with E-state index in [0.29, 0.717) is 11.9 Å². The maximum atomic E-state index is 6.00. The summed E-state index contributed by atoms with van der Waals surface area (Å²) in [5, 5.41) is 5.62. The lowest BCUT2D eigenvalue weighted by atomic mass is 9.80. The van der Waals surface area contributed by atoms with Gasteiger partial charge in [-0.25, -0.2) is 15.0 Å². The van der Waals surface area contributed by atoms with E-state index in [1.54, 1.807) is 6.33 Å². The molecule has 182 valence electrons. The summed E-state index contributed by atoms with van der Waals surface area (Å²) in [6.07, 6.45) is 6.18. The Morgan fingerprint density at radius 2 is 1.83 bits per heavy atom. The molecule has 6 rings (SSSR count). The summed E-state index contributed by atoms with van der Waals surface area (Å²) >= 11 is 0. The van der Waals surface area contributed by atoms with Crippen LogP contribution in [0.4, 0.5) is 11.5 Å². The van der Waals surface area contributed by atoms with Crippen molar-refractivity contribution in [3.8, 4) is 11.6 Å². The van der Waals surface area contributed by atoms with Crippen LogP contribution in [-0.2, 0) is 0 Å². The summed E-state index contributed by atoms with van der Waals surface area (Å²) < 4.78 is 8.31. The third-order valence-corrected chi connectivity index (χ3v) is 6.96. The topological polar surface area (TPSA) is 68.1 Å². The molecule has 1 aliphatic rings. The molecule has 7 nitrogen and oxygen atoms in total. The van der Waals surface area contributed by atoms with Crippen molar-refractivity contribution >= 4 is 33.4 Å². The van der Waals surface area contributed by atoms with Gasteiger partial charge in [0.2, 0.25) is 5.88 Å². The van der Waals surface area contributed by atoms with Crippen LogP contribution in [0.2, 0.25) is 0 Å². The van der Waals surface area contributed by atoms with Crippen LogP contribution >= 0.6 is 0 Å². The second kappa shape index (κ2) is 9.24. The number of para-hydroxylation sites is 1. The number of hydrogen-bond donors (Lipinski definition) is 1. The number of pyridine rings is 1. The Kier molecular flexibility index (Phi) is 5.77. The van der Waals surface area contributed by atoms with Crippen LogP contribution in [0.15, 0.2) is 73.2 Å². The molecule has 5 aromatic rings. The molecule has 2 aromatic carbocycles. The lowest BCUT2D eigenvalue weighted by Crippen LogP contribution is -2.33. The zero-order valence-electron chi connectivity index (χ0n) is 20.8. The van der Waals surface area contributed by atoms with Gasteiger partial charge in [0, 0.05) is 35.9 Å². The minimum absolute atomic E-state index is 0.506. The quantitative estimate of drug-likeness (QED) is 0.295. The highest BCUT2D eigenvalue weighted by Crippen LogP contribution is 2.40. The van der Waals surface area contributed by atoms with Gasteiger partial charge in [-0.3, -0.25) is 0 Å². The molecular formula is C29H30N6O. The number of hydrogen-bond acceptors (Lipinski definition) is 6. The molecule has 1 aliphatic carbocycles. The minimum atomic E-state index is 0.506. The Morgan fingerprint density at radius 1 is 1.00 bits per heavy atom. The van der Waals surface area contributed by atoms with E-state index < -0.39 is 0 Å². The van der Waals surface area contributed by atoms with Gasteiger partial charge in [-0.05, 0) is 75.7 Å². The van der Waals surface area contributed by atoms with Gasteiger partial charge < -0.3 is 19.5 Å². The third-order valence-electron chi connectivity index (χ3n) is 6.96. The highest BCUT2D eigenvalue weighted by atomic mass is 16.5. The molecule has 7 heteroatoms. The molecule has 0 saturated heterocycles. The summed E-state index contributed by atoms with van der Waals surface area (Å²) in [7, 11) is 4.29. The highest BCUT2D eigenvalue weighted by molar-refractivity contribution is 5.91. The van der Waals surface area contributed by atoms with Crippen molar-refractivity contribution in [2.45, 2.75) is 25.8 Å². The lowest BCUT2D eigenvalue weighted by Gasteiger charge is -2.38. The molecular weight excluding hydrogens is 448 g/mol. The fourth-order valence-corrected chi connectivity index (χ4v) is 5.21. The standard InChI is InChI=1S/C29H30N6O/c1-19-13-27(36-23-7-5-4-6-8-23)33-26-16-21(9-10-24(19)26)32-28-25-11-12-35(29(25)31-18-30-28)22-14-20(15-22)17-34(2)3/h4-13,16,18,20,22H,14-15,17H2,1-3H3,(H,30,31,32). The molecule has 0 amide bonds. The molecule has 3 heterocycles. The zero-order chi connectivity index (χ0) is 24.6. The number of ether oxygens (including phenoxy) is 1. The average Bonchev–Trinajstić information content (AvgIpc) is 3.26. The van der Waals surface area contributed by atoms with E-state index in [4.69, 9.17) is 9.72 Å². The Bertz CT molecular complexity index is 1520. The highest BCUT2D eigenvalue weighted by Gasteiger charge is 2.31. The molecule has 0 bridgehead atoms. The molecule has 36 heavy (non-hydrogen) atoms. The van der Waals surface area contributed by atoms with Crippen LogP contribution < -0.4 is 10.1 Å². The van der Waals surface area contributed by atoms with Gasteiger partial charge in [0.15, 0.2) is 0 Å². The number of fused-ring (bicyclic) bond motifs is 2. The van der Waals surface area contributed by atoms with E-state index >= 15 is 0 Å². The minimum Gasteiger partial charge on any atom is -0.439 e. The maximum absolute atomic E-state index is 6.00. The van der Waals surface area contributed by atoms with E-state index in [1.165, 1.54) is 12.8 Å². The molecule has 0 spiro atoms. The molecule has 1 fully saturated rings. The molecule has 0 radical (unpaired) electrons. The molecule has 0 atom stereocenters. The van der Waals surface area contributed by atoms with Crippen molar-refractivity contribution in [1.82, 2.24) is 24.4 Å². The Labute approximate surface area is 210 Å². The van der Waals surface area contributed by atoms with Gasteiger partial charge in [0.05, 0.1) is 10.9 Å². The predicted octanol–water partition coefficient (Wildman–Crippen LogP) is 6.34. The second-order valence-electron chi connectivity index (χ2n) is 9.99. The van der Waals surface area contributed by atoms with Crippen LogP contribution in [0.3, 0.4) is 0 Å². The molecule has 1 N–H and O–H groups in total. The van der Waals surface area contributed by atoms with E-state index in [2.05, 4.69) is 70.2 Å². The SMILES string of the molecule is Cc1cc(Oc2ccccc2)nc2cc(Nc3ncnc4c3ccn4C3CC(CN(C)C)C3)ccc12. The second-order valence-corrected chi connectivity index (χ2v) is 9.99. The molecule has 0 unspecified atom stereocenters. The average molecular weight is 479 g/mol. The van der Waals surface area contributed by atoms with Crippen molar-refractivity contribution in [3.63, 3.8) is 0 Å². The van der Waals surface area contributed by atoms with Crippen molar-refractivity contribution in [2.24, 2.45) is 5.92 Å². The van der Waals surface area contributed by atoms with Gasteiger partial charge in [0.1, 0.15) is 23.5 Å². The fourth-order valence-electron chi connectivity index (χ4n) is 5.21. The van der Waals surface area contributed by atoms with Crippen LogP contribution in [0, 0.1) is 12.8 Å². The molecule has 0 aliphatic heterocycles. The van der Waals surface area contributed by atoms with E-state index in [9.17, 15) is 0 Å². The first-order valence-electron chi connectivity index (χ1n) is 12.4. The zero-order valence-corrected chi connectivity index (χ0v) is 20.8. The lowest BCUT2D eigenvalue weighted by molar-refractivity contribution is 0.159. The number of nitrogens with zero attached hydrogens (tertiary/aromatic N) is 5. The first-order chi connectivity index (χ1) is 17.5. The predicted molar refractivity (Wildman–Crippen MR) is 144 cm³/mol. The number of nitrogens with one attached hydrogen (secondary N) is 1. The first kappa shape index (κ1) is 22.5. The van der Waals surface area contributed by atoms with Gasteiger partial charge in [-0.15, -0.1) is 0 Å². The largest absolute Gasteiger partial charge is 0.439 e. The smallest absolute Gasteiger partial charge is 0.220 e. The summed E-state index contributed by atoms with van der Waals surface area (Å²) in [6.45, 7) is 3.22. The van der Waals surface area contributed by atoms with E-state index in [0.717, 1.165) is 57.2 Å².